The Hall–Kier alpha value is -3.34. The van der Waals surface area contributed by atoms with Crippen molar-refractivity contribution >= 4 is 28.2 Å². The summed E-state index contributed by atoms with van der Waals surface area (Å²) in [4.78, 5) is 27.4. The van der Waals surface area contributed by atoms with Crippen molar-refractivity contribution in [3.8, 4) is 0 Å². The fourth-order valence-electron chi connectivity index (χ4n) is 2.88. The maximum absolute atomic E-state index is 13.0. The lowest BCUT2D eigenvalue weighted by Crippen LogP contribution is -2.35. The van der Waals surface area contributed by atoms with Gasteiger partial charge in [0.15, 0.2) is 0 Å². The molecule has 0 fully saturated rings. The molecule has 5 heteroatoms. The lowest BCUT2D eigenvalue weighted by molar-refractivity contribution is 0.0992. The third kappa shape index (κ3) is 2.80. The van der Waals surface area contributed by atoms with Crippen LogP contribution in [0.5, 0.6) is 0 Å². The minimum atomic E-state index is -0.433. The topological polar surface area (TPSA) is 68.3 Å². The molecule has 126 valence electrons. The van der Waals surface area contributed by atoms with Crippen LogP contribution >= 0.6 is 0 Å². The van der Waals surface area contributed by atoms with Gasteiger partial charge in [-0.25, -0.2) is 0 Å². The maximum atomic E-state index is 13.0. The van der Waals surface area contributed by atoms with Crippen molar-refractivity contribution < 1.29 is 4.79 Å². The second-order valence-electron chi connectivity index (χ2n) is 5.71. The highest BCUT2D eigenvalue weighted by molar-refractivity contribution is 6.12. The molecule has 0 atom stereocenters. The summed E-state index contributed by atoms with van der Waals surface area (Å²) >= 11 is 0. The second kappa shape index (κ2) is 6.65. The number of nitrogen functional groups attached to an aromatic ring is 1. The highest BCUT2D eigenvalue weighted by atomic mass is 16.2. The number of carbonyl (C=O) groups is 1. The number of rotatable bonds is 4. The van der Waals surface area contributed by atoms with Crippen molar-refractivity contribution in [3.63, 3.8) is 0 Å². The fraction of sp³-hybridized carbons (Fsp3) is 0.100. The van der Waals surface area contributed by atoms with Gasteiger partial charge in [0.25, 0.3) is 11.5 Å². The molecule has 0 saturated heterocycles. The van der Waals surface area contributed by atoms with Crippen LogP contribution in [0.1, 0.15) is 10.4 Å². The number of allylic oxidation sites excluding steroid dienone is 1. The first kappa shape index (κ1) is 16.5. The molecule has 1 amide bonds. The molecule has 0 bridgehead atoms. The zero-order valence-electron chi connectivity index (χ0n) is 14.0. The van der Waals surface area contributed by atoms with Crippen LogP contribution < -0.4 is 16.2 Å². The van der Waals surface area contributed by atoms with Gasteiger partial charge in [-0.15, -0.1) is 6.58 Å². The third-order valence-electron chi connectivity index (χ3n) is 4.19. The largest absolute Gasteiger partial charge is 0.397 e. The highest BCUT2D eigenvalue weighted by Crippen LogP contribution is 2.24. The predicted octanol–water partition coefficient (Wildman–Crippen LogP) is 3.05. The SMILES string of the molecule is C=CCn1c(=O)c(C(=O)N(C)c2ccccc2)c(N)c2ccccc21. The lowest BCUT2D eigenvalue weighted by Gasteiger charge is -2.20. The van der Waals surface area contributed by atoms with Gasteiger partial charge in [0.1, 0.15) is 5.56 Å². The Morgan fingerprint density at radius 2 is 1.80 bits per heavy atom. The molecule has 0 aliphatic heterocycles. The van der Waals surface area contributed by atoms with Gasteiger partial charge < -0.3 is 15.2 Å². The average molecular weight is 333 g/mol. The first-order chi connectivity index (χ1) is 12.1. The second-order valence-corrected chi connectivity index (χ2v) is 5.71. The first-order valence-corrected chi connectivity index (χ1v) is 7.91. The number of hydrogen-bond donors (Lipinski definition) is 1. The van der Waals surface area contributed by atoms with Crippen molar-refractivity contribution in [2.24, 2.45) is 0 Å². The van der Waals surface area contributed by atoms with Crippen LogP contribution in [0, 0.1) is 0 Å². The zero-order valence-corrected chi connectivity index (χ0v) is 14.0. The third-order valence-corrected chi connectivity index (χ3v) is 4.19. The number of nitrogens with zero attached hydrogens (tertiary/aromatic N) is 2. The Morgan fingerprint density at radius 3 is 2.48 bits per heavy atom. The van der Waals surface area contributed by atoms with Crippen LogP contribution in [0.25, 0.3) is 10.9 Å². The van der Waals surface area contributed by atoms with E-state index >= 15 is 0 Å². The summed E-state index contributed by atoms with van der Waals surface area (Å²) in [5, 5.41) is 0.675. The summed E-state index contributed by atoms with van der Waals surface area (Å²) in [6, 6.07) is 16.4. The van der Waals surface area contributed by atoms with Gasteiger partial charge in [-0.2, -0.15) is 0 Å². The molecule has 0 radical (unpaired) electrons. The average Bonchev–Trinajstić information content (AvgIpc) is 2.65. The van der Waals surface area contributed by atoms with E-state index < -0.39 is 11.5 Å². The van der Waals surface area contributed by atoms with Gasteiger partial charge in [-0.05, 0) is 18.2 Å². The summed E-state index contributed by atoms with van der Waals surface area (Å²) in [6.07, 6.45) is 1.62. The molecule has 0 unspecified atom stereocenters. The van der Waals surface area contributed by atoms with Crippen LogP contribution in [-0.2, 0) is 6.54 Å². The van der Waals surface area contributed by atoms with Crippen LogP contribution in [-0.4, -0.2) is 17.5 Å². The highest BCUT2D eigenvalue weighted by Gasteiger charge is 2.23. The van der Waals surface area contributed by atoms with E-state index in [1.807, 2.05) is 42.5 Å². The van der Waals surface area contributed by atoms with Gasteiger partial charge >= 0.3 is 0 Å². The molecular formula is C20H19N3O2. The van der Waals surface area contributed by atoms with Crippen LogP contribution in [0.3, 0.4) is 0 Å². The van der Waals surface area contributed by atoms with E-state index in [1.165, 1.54) is 9.47 Å². The lowest BCUT2D eigenvalue weighted by atomic mass is 10.1. The number of anilines is 2. The normalized spacial score (nSPS) is 10.6. The van der Waals surface area contributed by atoms with Crippen molar-refractivity contribution in [1.82, 2.24) is 4.57 Å². The Kier molecular flexibility index (Phi) is 4.39. The molecule has 1 heterocycles. The van der Waals surface area contributed by atoms with E-state index in [4.69, 9.17) is 5.73 Å². The standard InChI is InChI=1S/C20H19N3O2/c1-3-13-23-16-12-8-7-11-15(16)18(21)17(20(23)25)19(24)22(2)14-9-5-4-6-10-14/h3-12H,1,13,21H2,2H3. The quantitative estimate of drug-likeness (QED) is 0.746. The summed E-state index contributed by atoms with van der Waals surface area (Å²) in [6.45, 7) is 4.00. The van der Waals surface area contributed by atoms with Gasteiger partial charge in [0, 0.05) is 24.7 Å². The van der Waals surface area contributed by atoms with Gasteiger partial charge in [-0.3, -0.25) is 9.59 Å². The molecule has 0 saturated carbocycles. The van der Waals surface area contributed by atoms with Crippen LogP contribution in [0.15, 0.2) is 72.0 Å². The Balaban J connectivity index is 2.24. The molecular weight excluding hydrogens is 314 g/mol. The predicted molar refractivity (Wildman–Crippen MR) is 102 cm³/mol. The maximum Gasteiger partial charge on any atom is 0.266 e. The molecule has 3 aromatic rings. The molecule has 3 rings (SSSR count). The van der Waals surface area contributed by atoms with Crippen LogP contribution in [0.4, 0.5) is 11.4 Å². The van der Waals surface area contributed by atoms with Gasteiger partial charge in [0.2, 0.25) is 0 Å². The molecule has 1 aromatic heterocycles. The number of para-hydroxylation sites is 2. The number of pyridine rings is 1. The molecule has 25 heavy (non-hydrogen) atoms. The Morgan fingerprint density at radius 1 is 1.16 bits per heavy atom. The number of aromatic nitrogens is 1. The summed E-state index contributed by atoms with van der Waals surface area (Å²) in [7, 11) is 1.63. The smallest absolute Gasteiger partial charge is 0.266 e. The van der Waals surface area contributed by atoms with Crippen molar-refractivity contribution in [3.05, 3.63) is 83.2 Å². The van der Waals surface area contributed by atoms with E-state index in [0.29, 0.717) is 23.1 Å². The number of fused-ring (bicyclic) bond motifs is 1. The Labute approximate surface area is 145 Å². The molecule has 0 aliphatic rings. The van der Waals surface area contributed by atoms with Crippen molar-refractivity contribution in [2.75, 3.05) is 17.7 Å². The molecule has 2 aromatic carbocycles. The van der Waals surface area contributed by atoms with Crippen molar-refractivity contribution in [1.29, 1.82) is 0 Å². The summed E-state index contributed by atoms with van der Waals surface area (Å²) < 4.78 is 1.52. The molecule has 0 aliphatic carbocycles. The van der Waals surface area contributed by atoms with Gasteiger partial charge in [-0.1, -0.05) is 42.5 Å². The molecule has 2 N–H and O–H groups in total. The van der Waals surface area contributed by atoms with Gasteiger partial charge in [0.05, 0.1) is 11.2 Å². The number of hydrogen-bond acceptors (Lipinski definition) is 3. The fourth-order valence-corrected chi connectivity index (χ4v) is 2.88. The Bertz CT molecular complexity index is 1010. The van der Waals surface area contributed by atoms with E-state index in [9.17, 15) is 9.59 Å². The summed E-state index contributed by atoms with van der Waals surface area (Å²) in [5.74, 6) is -0.433. The van der Waals surface area contributed by atoms with E-state index in [2.05, 4.69) is 6.58 Å². The summed E-state index contributed by atoms with van der Waals surface area (Å²) in [5.41, 5.74) is 7.36. The minimum absolute atomic E-state index is 0.0214. The molecule has 5 nitrogen and oxygen atoms in total. The first-order valence-electron chi connectivity index (χ1n) is 7.91. The van der Waals surface area contributed by atoms with Crippen LogP contribution in [0.2, 0.25) is 0 Å². The minimum Gasteiger partial charge on any atom is -0.397 e. The number of nitrogens with two attached hydrogens (primary N) is 1. The van der Waals surface area contributed by atoms with Crippen molar-refractivity contribution in [2.45, 2.75) is 6.54 Å². The van der Waals surface area contributed by atoms with E-state index in [0.717, 1.165) is 0 Å². The number of carbonyl (C=O) groups excluding carboxylic acids is 1. The monoisotopic (exact) mass is 333 g/mol. The molecule has 0 spiro atoms. The van der Waals surface area contributed by atoms with E-state index in [-0.39, 0.29) is 11.3 Å². The zero-order chi connectivity index (χ0) is 18.0. The van der Waals surface area contributed by atoms with E-state index in [1.54, 1.807) is 25.3 Å². The number of benzene rings is 2. The number of amides is 1.